The summed E-state index contributed by atoms with van der Waals surface area (Å²) in [5.41, 5.74) is 11.4. The molecule has 1 fully saturated rings. The predicted octanol–water partition coefficient (Wildman–Crippen LogP) is 2.74. The van der Waals surface area contributed by atoms with Crippen LogP contribution < -0.4 is 16.8 Å². The molecule has 0 saturated heterocycles. The first-order valence-corrected chi connectivity index (χ1v) is 7.02. The third-order valence-corrected chi connectivity index (χ3v) is 3.94. The molecule has 1 saturated carbocycles. The van der Waals surface area contributed by atoms with Gasteiger partial charge in [0.25, 0.3) is 5.91 Å². The minimum Gasteiger partial charge on any atom is -0.398 e. The minimum absolute atomic E-state index is 0.0749. The van der Waals surface area contributed by atoms with Crippen molar-refractivity contribution in [3.63, 3.8) is 0 Å². The van der Waals surface area contributed by atoms with E-state index < -0.39 is 11.7 Å². The van der Waals surface area contributed by atoms with Crippen molar-refractivity contribution >= 4 is 17.3 Å². The largest absolute Gasteiger partial charge is 0.398 e. The summed E-state index contributed by atoms with van der Waals surface area (Å²) >= 11 is 0. The molecule has 1 aromatic carbocycles. The molecule has 0 aromatic heterocycles. The number of nitrogens with two attached hydrogens (primary N) is 2. The Hall–Kier alpha value is -1.78. The van der Waals surface area contributed by atoms with Gasteiger partial charge in [-0.3, -0.25) is 4.79 Å². The van der Waals surface area contributed by atoms with Gasteiger partial charge in [-0.05, 0) is 43.2 Å². The fraction of sp³-hybridized carbons (Fsp3) is 0.533. The summed E-state index contributed by atoms with van der Waals surface area (Å²) in [5.74, 6) is 0.140. The Bertz CT molecular complexity index is 508. The molecule has 1 aliphatic carbocycles. The van der Waals surface area contributed by atoms with Gasteiger partial charge in [-0.25, -0.2) is 4.39 Å². The second kappa shape index (κ2) is 5.69. The van der Waals surface area contributed by atoms with Crippen molar-refractivity contribution in [1.82, 2.24) is 0 Å². The summed E-state index contributed by atoms with van der Waals surface area (Å²) in [7, 11) is 0. The molecule has 1 aromatic rings. The van der Waals surface area contributed by atoms with Crippen molar-refractivity contribution in [3.8, 4) is 0 Å². The lowest BCUT2D eigenvalue weighted by Gasteiger charge is -2.32. The maximum absolute atomic E-state index is 13.9. The number of nitrogens with one attached hydrogen (secondary N) is 1. The van der Waals surface area contributed by atoms with Crippen molar-refractivity contribution in [2.75, 3.05) is 11.1 Å². The Morgan fingerprint density at radius 2 is 1.85 bits per heavy atom. The first-order valence-electron chi connectivity index (χ1n) is 7.02. The topological polar surface area (TPSA) is 81.1 Å². The van der Waals surface area contributed by atoms with Gasteiger partial charge in [-0.15, -0.1) is 0 Å². The molecule has 0 bridgehead atoms. The molecule has 1 aliphatic rings. The third kappa shape index (κ3) is 3.21. The number of hydrogen-bond donors (Lipinski definition) is 3. The average molecular weight is 279 g/mol. The van der Waals surface area contributed by atoms with Crippen molar-refractivity contribution < 1.29 is 9.18 Å². The van der Waals surface area contributed by atoms with Crippen LogP contribution in [0.1, 0.15) is 43.5 Å². The lowest BCUT2D eigenvalue weighted by atomic mass is 9.80. The highest BCUT2D eigenvalue weighted by atomic mass is 19.1. The Balaban J connectivity index is 2.20. The van der Waals surface area contributed by atoms with E-state index in [0.717, 1.165) is 18.9 Å². The molecule has 110 valence electrons. The number of nitrogen functional groups attached to an aromatic ring is 1. The number of carbonyl (C=O) groups excluding carboxylic acids is 1. The first kappa shape index (κ1) is 14.6. The van der Waals surface area contributed by atoms with E-state index in [0.29, 0.717) is 17.5 Å². The molecular weight excluding hydrogens is 257 g/mol. The summed E-state index contributed by atoms with van der Waals surface area (Å²) in [5, 5.41) is 3.19. The summed E-state index contributed by atoms with van der Waals surface area (Å²) in [6.45, 7) is 4.41. The molecule has 2 atom stereocenters. The molecule has 20 heavy (non-hydrogen) atoms. The van der Waals surface area contributed by atoms with Gasteiger partial charge in [0.15, 0.2) is 0 Å². The van der Waals surface area contributed by atoms with Crippen molar-refractivity contribution in [3.05, 3.63) is 23.5 Å². The van der Waals surface area contributed by atoms with E-state index in [1.165, 1.54) is 12.5 Å². The van der Waals surface area contributed by atoms with Crippen molar-refractivity contribution in [1.29, 1.82) is 0 Å². The fourth-order valence-electron chi connectivity index (χ4n) is 3.20. The highest BCUT2D eigenvalue weighted by molar-refractivity contribution is 5.99. The number of primary amides is 1. The molecule has 2 rings (SSSR count). The van der Waals surface area contributed by atoms with Crippen LogP contribution in [0.4, 0.5) is 15.8 Å². The van der Waals surface area contributed by atoms with Gasteiger partial charge in [-0.1, -0.05) is 13.8 Å². The molecule has 4 nitrogen and oxygen atoms in total. The maximum atomic E-state index is 13.9. The van der Waals surface area contributed by atoms with Crippen molar-refractivity contribution in [2.24, 2.45) is 17.6 Å². The predicted molar refractivity (Wildman–Crippen MR) is 78.9 cm³/mol. The zero-order chi connectivity index (χ0) is 14.9. The SMILES string of the molecule is CC1CC(C)CC(Nc2cc(C(N)=O)c(N)cc2F)C1. The lowest BCUT2D eigenvalue weighted by Crippen LogP contribution is -2.30. The van der Waals surface area contributed by atoms with Crippen LogP contribution in [0, 0.1) is 17.7 Å². The molecular formula is C15H22FN3O. The first-order chi connectivity index (χ1) is 9.36. The Labute approximate surface area is 118 Å². The van der Waals surface area contributed by atoms with Gasteiger partial charge in [0.05, 0.1) is 11.3 Å². The van der Waals surface area contributed by atoms with E-state index in [4.69, 9.17) is 11.5 Å². The Morgan fingerprint density at radius 1 is 1.25 bits per heavy atom. The van der Waals surface area contributed by atoms with E-state index in [-0.39, 0.29) is 17.3 Å². The van der Waals surface area contributed by atoms with Gasteiger partial charge < -0.3 is 16.8 Å². The van der Waals surface area contributed by atoms with Gasteiger partial charge in [0, 0.05) is 11.7 Å². The molecule has 2 unspecified atom stereocenters. The summed E-state index contributed by atoms with van der Waals surface area (Å²) in [6, 6.07) is 2.78. The standard InChI is InChI=1S/C15H22FN3O/c1-8-3-9(2)5-10(4-8)19-14-6-11(15(18)20)13(17)7-12(14)16/h6-10,19H,3-5,17H2,1-2H3,(H2,18,20). The van der Waals surface area contributed by atoms with Crippen LogP contribution in [0.5, 0.6) is 0 Å². The number of carbonyl (C=O) groups is 1. The quantitative estimate of drug-likeness (QED) is 0.744. The van der Waals surface area contributed by atoms with Crippen LogP contribution in [0.15, 0.2) is 12.1 Å². The van der Waals surface area contributed by atoms with Crippen molar-refractivity contribution in [2.45, 2.75) is 39.2 Å². The van der Waals surface area contributed by atoms with Gasteiger partial charge >= 0.3 is 0 Å². The Kier molecular flexibility index (Phi) is 4.16. The van der Waals surface area contributed by atoms with Gasteiger partial charge in [0.2, 0.25) is 0 Å². The molecule has 0 heterocycles. The fourth-order valence-corrected chi connectivity index (χ4v) is 3.20. The summed E-state index contributed by atoms with van der Waals surface area (Å²) in [4.78, 5) is 11.3. The second-order valence-corrected chi connectivity index (χ2v) is 6.04. The number of halogens is 1. The number of amides is 1. The van der Waals surface area contributed by atoms with Crippen LogP contribution in [0.3, 0.4) is 0 Å². The number of anilines is 2. The average Bonchev–Trinajstić information content (AvgIpc) is 2.30. The normalized spacial score (nSPS) is 26.2. The van der Waals surface area contributed by atoms with E-state index >= 15 is 0 Å². The number of benzene rings is 1. The van der Waals surface area contributed by atoms with E-state index in [2.05, 4.69) is 19.2 Å². The molecule has 0 aliphatic heterocycles. The molecule has 1 amide bonds. The zero-order valence-corrected chi connectivity index (χ0v) is 11.9. The van der Waals surface area contributed by atoms with Gasteiger partial charge in [-0.2, -0.15) is 0 Å². The number of hydrogen-bond acceptors (Lipinski definition) is 3. The van der Waals surface area contributed by atoms with E-state index in [1.807, 2.05) is 0 Å². The van der Waals surface area contributed by atoms with Crippen LogP contribution >= 0.6 is 0 Å². The molecule has 5 N–H and O–H groups in total. The van der Waals surface area contributed by atoms with Gasteiger partial charge in [0.1, 0.15) is 5.82 Å². The van der Waals surface area contributed by atoms with Crippen LogP contribution in [0.2, 0.25) is 0 Å². The number of rotatable bonds is 3. The van der Waals surface area contributed by atoms with Crippen LogP contribution in [-0.2, 0) is 0 Å². The molecule has 0 radical (unpaired) electrons. The van der Waals surface area contributed by atoms with E-state index in [9.17, 15) is 9.18 Å². The van der Waals surface area contributed by atoms with Crippen LogP contribution in [-0.4, -0.2) is 11.9 Å². The van der Waals surface area contributed by atoms with Crippen LogP contribution in [0.25, 0.3) is 0 Å². The molecule has 5 heteroatoms. The summed E-state index contributed by atoms with van der Waals surface area (Å²) < 4.78 is 13.9. The molecule has 0 spiro atoms. The highest BCUT2D eigenvalue weighted by Gasteiger charge is 2.24. The lowest BCUT2D eigenvalue weighted by molar-refractivity contribution is 0.100. The highest BCUT2D eigenvalue weighted by Crippen LogP contribution is 2.31. The monoisotopic (exact) mass is 279 g/mol. The maximum Gasteiger partial charge on any atom is 0.250 e. The minimum atomic E-state index is -0.643. The Morgan fingerprint density at radius 3 is 2.40 bits per heavy atom. The second-order valence-electron chi connectivity index (χ2n) is 6.04. The van der Waals surface area contributed by atoms with E-state index in [1.54, 1.807) is 0 Å². The third-order valence-electron chi connectivity index (χ3n) is 3.94. The summed E-state index contributed by atoms with van der Waals surface area (Å²) in [6.07, 6.45) is 3.20. The zero-order valence-electron chi connectivity index (χ0n) is 11.9. The smallest absolute Gasteiger partial charge is 0.250 e.